The smallest absolute Gasteiger partial charge is 0.343 e. The van der Waals surface area contributed by atoms with E-state index < -0.39 is 18.6 Å². The Bertz CT molecular complexity index is 1010. The van der Waals surface area contributed by atoms with E-state index in [1.165, 1.54) is 18.2 Å². The first kappa shape index (κ1) is 19.3. The summed E-state index contributed by atoms with van der Waals surface area (Å²) in [7, 11) is 0. The van der Waals surface area contributed by atoms with Crippen LogP contribution in [0.4, 0.5) is 18.9 Å². The molecule has 0 saturated heterocycles. The highest BCUT2D eigenvalue weighted by Crippen LogP contribution is 2.18. The van der Waals surface area contributed by atoms with Crippen LogP contribution in [0, 0.1) is 0 Å². The number of aromatic nitrogens is 1. The fourth-order valence-corrected chi connectivity index (χ4v) is 2.71. The van der Waals surface area contributed by atoms with Crippen molar-refractivity contribution < 1.29 is 22.8 Å². The Balaban J connectivity index is 1.68. The Morgan fingerprint density at radius 2 is 1.75 bits per heavy atom. The molecule has 2 amide bonds. The molecule has 0 aliphatic rings. The number of nitrogens with one attached hydrogen (secondary N) is 2. The zero-order valence-corrected chi connectivity index (χ0v) is 14.6. The molecule has 2 N–H and O–H groups in total. The summed E-state index contributed by atoms with van der Waals surface area (Å²) >= 11 is 0. The summed E-state index contributed by atoms with van der Waals surface area (Å²) in [5, 5.41) is 5.36. The zero-order valence-electron chi connectivity index (χ0n) is 14.6. The van der Waals surface area contributed by atoms with Gasteiger partial charge in [-0.2, -0.15) is 13.2 Å². The summed E-state index contributed by atoms with van der Waals surface area (Å²) in [5.41, 5.74) is 1.81. The molecule has 144 valence electrons. The van der Waals surface area contributed by atoms with Crippen LogP contribution in [-0.4, -0.2) is 29.5 Å². The topological polar surface area (TPSA) is 71.1 Å². The van der Waals surface area contributed by atoms with Crippen LogP contribution in [0.1, 0.15) is 15.9 Å². The van der Waals surface area contributed by atoms with Gasteiger partial charge in [0.05, 0.1) is 11.9 Å². The van der Waals surface area contributed by atoms with E-state index in [0.29, 0.717) is 5.69 Å². The van der Waals surface area contributed by atoms with Crippen LogP contribution in [-0.2, 0) is 11.2 Å². The second-order valence-corrected chi connectivity index (χ2v) is 6.10. The molecule has 1 heterocycles. The number of hydrogen-bond acceptors (Lipinski definition) is 3. The van der Waals surface area contributed by atoms with Gasteiger partial charge in [0, 0.05) is 22.8 Å². The van der Waals surface area contributed by atoms with Crippen molar-refractivity contribution in [3.63, 3.8) is 0 Å². The minimum Gasteiger partial charge on any atom is -0.343 e. The van der Waals surface area contributed by atoms with Gasteiger partial charge in [-0.3, -0.25) is 14.6 Å². The second-order valence-electron chi connectivity index (χ2n) is 6.10. The first-order valence-electron chi connectivity index (χ1n) is 8.39. The van der Waals surface area contributed by atoms with Gasteiger partial charge in [-0.25, -0.2) is 0 Å². The zero-order chi connectivity index (χ0) is 20.1. The molecular formula is C20H16F3N3O2. The van der Waals surface area contributed by atoms with Crippen molar-refractivity contribution in [3.8, 4) is 0 Å². The maximum absolute atomic E-state index is 12.4. The molecule has 1 aromatic heterocycles. The third kappa shape index (κ3) is 5.06. The number of anilines is 1. The molecular weight excluding hydrogens is 371 g/mol. The Kier molecular flexibility index (Phi) is 5.58. The second kappa shape index (κ2) is 8.08. The van der Waals surface area contributed by atoms with Crippen molar-refractivity contribution in [2.45, 2.75) is 12.6 Å². The van der Waals surface area contributed by atoms with Gasteiger partial charge in [-0.1, -0.05) is 30.3 Å². The predicted octanol–water partition coefficient (Wildman–Crippen LogP) is 3.71. The van der Waals surface area contributed by atoms with Crippen LogP contribution in [0.25, 0.3) is 10.9 Å². The lowest BCUT2D eigenvalue weighted by Gasteiger charge is -2.10. The first-order chi connectivity index (χ1) is 13.3. The van der Waals surface area contributed by atoms with E-state index in [0.717, 1.165) is 16.5 Å². The number of fused-ring (bicyclic) bond motifs is 1. The Morgan fingerprint density at radius 1 is 1.00 bits per heavy atom. The van der Waals surface area contributed by atoms with E-state index in [2.05, 4.69) is 10.3 Å². The van der Waals surface area contributed by atoms with Crippen molar-refractivity contribution in [2.24, 2.45) is 0 Å². The number of pyridine rings is 1. The van der Waals surface area contributed by atoms with Gasteiger partial charge < -0.3 is 10.6 Å². The third-order valence-corrected chi connectivity index (χ3v) is 3.93. The Morgan fingerprint density at radius 3 is 2.54 bits per heavy atom. The van der Waals surface area contributed by atoms with Gasteiger partial charge in [0.2, 0.25) is 5.91 Å². The number of hydrogen-bond donors (Lipinski definition) is 2. The number of benzene rings is 2. The monoisotopic (exact) mass is 387 g/mol. The highest BCUT2D eigenvalue weighted by atomic mass is 19.4. The average molecular weight is 387 g/mol. The maximum Gasteiger partial charge on any atom is 0.405 e. The van der Waals surface area contributed by atoms with E-state index in [-0.39, 0.29) is 17.9 Å². The maximum atomic E-state index is 12.4. The van der Waals surface area contributed by atoms with Crippen molar-refractivity contribution >= 4 is 28.4 Å². The fraction of sp³-hybridized carbons (Fsp3) is 0.150. The largest absolute Gasteiger partial charge is 0.405 e. The number of carbonyl (C=O) groups excluding carboxylic acids is 2. The van der Waals surface area contributed by atoms with Crippen molar-refractivity contribution in [1.82, 2.24) is 10.3 Å². The molecule has 0 aliphatic heterocycles. The molecule has 28 heavy (non-hydrogen) atoms. The molecule has 0 saturated carbocycles. The SMILES string of the molecule is O=C(Cc1cccc2cccnc12)Nc1cccc(C(=O)NCC(F)(F)F)c1. The van der Waals surface area contributed by atoms with Crippen molar-refractivity contribution in [3.05, 3.63) is 71.9 Å². The quantitative estimate of drug-likeness (QED) is 0.701. The van der Waals surface area contributed by atoms with Crippen LogP contribution < -0.4 is 10.6 Å². The summed E-state index contributed by atoms with van der Waals surface area (Å²) in [6, 6.07) is 15.0. The molecule has 3 aromatic rings. The molecule has 0 bridgehead atoms. The molecule has 0 aliphatic carbocycles. The highest BCUT2D eigenvalue weighted by molar-refractivity contribution is 5.98. The molecule has 0 unspecified atom stereocenters. The average Bonchev–Trinajstić information content (AvgIpc) is 2.66. The van der Waals surface area contributed by atoms with Gasteiger partial charge in [0.1, 0.15) is 6.54 Å². The molecule has 0 radical (unpaired) electrons. The summed E-state index contributed by atoms with van der Waals surface area (Å²) in [4.78, 5) is 28.5. The van der Waals surface area contributed by atoms with Crippen LogP contribution in [0.15, 0.2) is 60.8 Å². The van der Waals surface area contributed by atoms with E-state index in [4.69, 9.17) is 0 Å². The highest BCUT2D eigenvalue weighted by Gasteiger charge is 2.27. The van der Waals surface area contributed by atoms with E-state index in [1.54, 1.807) is 23.6 Å². The van der Waals surface area contributed by atoms with E-state index >= 15 is 0 Å². The van der Waals surface area contributed by atoms with Gasteiger partial charge in [-0.05, 0) is 29.8 Å². The summed E-state index contributed by atoms with van der Waals surface area (Å²) in [6.07, 6.45) is -2.78. The number of alkyl halides is 3. The lowest BCUT2D eigenvalue weighted by molar-refractivity contribution is -0.123. The molecule has 5 nitrogen and oxygen atoms in total. The molecule has 0 atom stereocenters. The minimum absolute atomic E-state index is 0.0221. The molecule has 3 rings (SSSR count). The molecule has 0 spiro atoms. The van der Waals surface area contributed by atoms with Crippen LogP contribution in [0.5, 0.6) is 0 Å². The predicted molar refractivity (Wildman–Crippen MR) is 98.9 cm³/mol. The summed E-state index contributed by atoms with van der Waals surface area (Å²) < 4.78 is 36.7. The van der Waals surface area contributed by atoms with E-state index in [9.17, 15) is 22.8 Å². The molecule has 2 aromatic carbocycles. The van der Waals surface area contributed by atoms with Crippen LogP contribution in [0.3, 0.4) is 0 Å². The van der Waals surface area contributed by atoms with E-state index in [1.807, 2.05) is 24.3 Å². The molecule has 0 fully saturated rings. The number of amides is 2. The van der Waals surface area contributed by atoms with Crippen molar-refractivity contribution in [2.75, 3.05) is 11.9 Å². The van der Waals surface area contributed by atoms with Gasteiger partial charge in [0.15, 0.2) is 0 Å². The standard InChI is InChI=1S/C20H16F3N3O2/c21-20(22,23)12-25-19(28)15-6-2-8-16(10-15)26-17(27)11-14-5-1-4-13-7-3-9-24-18(13)14/h1-10H,11-12H2,(H,25,28)(H,26,27). The first-order valence-corrected chi connectivity index (χ1v) is 8.39. The minimum atomic E-state index is -4.49. The summed E-state index contributed by atoms with van der Waals surface area (Å²) in [5.74, 6) is -1.20. The summed E-state index contributed by atoms with van der Waals surface area (Å²) in [6.45, 7) is -1.42. The lowest BCUT2D eigenvalue weighted by Crippen LogP contribution is -2.33. The normalized spacial score (nSPS) is 11.2. The number of halogens is 3. The van der Waals surface area contributed by atoms with Crippen molar-refractivity contribution in [1.29, 1.82) is 0 Å². The third-order valence-electron chi connectivity index (χ3n) is 3.93. The number of rotatable bonds is 5. The Hall–Kier alpha value is -3.42. The lowest BCUT2D eigenvalue weighted by atomic mass is 10.1. The fourth-order valence-electron chi connectivity index (χ4n) is 2.71. The molecule has 8 heteroatoms. The van der Waals surface area contributed by atoms with Gasteiger partial charge in [0.25, 0.3) is 5.91 Å². The number of nitrogens with zero attached hydrogens (tertiary/aromatic N) is 1. The van der Waals surface area contributed by atoms with Gasteiger partial charge in [-0.15, -0.1) is 0 Å². The van der Waals surface area contributed by atoms with Crippen LogP contribution in [0.2, 0.25) is 0 Å². The number of carbonyl (C=O) groups is 2. The van der Waals surface area contributed by atoms with Crippen LogP contribution >= 0.6 is 0 Å². The number of para-hydroxylation sites is 1. The Labute approximate surface area is 158 Å². The van der Waals surface area contributed by atoms with Gasteiger partial charge >= 0.3 is 6.18 Å².